The van der Waals surface area contributed by atoms with Crippen molar-refractivity contribution in [1.82, 2.24) is 20.1 Å². The molecule has 1 aromatic carbocycles. The summed E-state index contributed by atoms with van der Waals surface area (Å²) >= 11 is 7.28. The fourth-order valence-electron chi connectivity index (χ4n) is 2.66. The molecule has 9 nitrogen and oxygen atoms in total. The summed E-state index contributed by atoms with van der Waals surface area (Å²) in [4.78, 5) is 34.3. The van der Waals surface area contributed by atoms with E-state index >= 15 is 0 Å². The number of benzene rings is 1. The third-order valence-corrected chi connectivity index (χ3v) is 5.36. The first-order valence-electron chi connectivity index (χ1n) is 8.59. The van der Waals surface area contributed by atoms with Gasteiger partial charge in [-0.05, 0) is 36.4 Å². The summed E-state index contributed by atoms with van der Waals surface area (Å²) < 4.78 is 2.25. The van der Waals surface area contributed by atoms with E-state index in [1.54, 1.807) is 41.3 Å². The Morgan fingerprint density at radius 2 is 2.07 bits per heavy atom. The van der Waals surface area contributed by atoms with E-state index in [1.165, 1.54) is 17.7 Å². The number of oxime groups is 1. The minimum atomic E-state index is -0.763. The fraction of sp³-hybridized carbons (Fsp3) is 0.167. The molecule has 0 spiro atoms. The van der Waals surface area contributed by atoms with Gasteiger partial charge in [0.1, 0.15) is 18.4 Å². The standard InChI is InChI=1S/C18H15ClN6O3S/c19-16-6-5-15(29-16)13-7-14(28-24-13)18(27)21-8-17(26)23-11-1-3-12(4-2-11)25-10-20-9-22-25/h1-6,9-10,14H,7-8H2,(H,21,27)(H,23,26). The summed E-state index contributed by atoms with van der Waals surface area (Å²) in [5, 5.41) is 13.3. The van der Waals surface area contributed by atoms with E-state index in [4.69, 9.17) is 16.4 Å². The molecule has 29 heavy (non-hydrogen) atoms. The number of amides is 2. The van der Waals surface area contributed by atoms with Gasteiger partial charge in [0.2, 0.25) is 12.0 Å². The molecular formula is C18H15ClN6O3S. The molecule has 0 saturated heterocycles. The number of halogens is 1. The lowest BCUT2D eigenvalue weighted by molar-refractivity contribution is -0.132. The van der Waals surface area contributed by atoms with Crippen molar-refractivity contribution in [3.63, 3.8) is 0 Å². The smallest absolute Gasteiger partial charge is 0.264 e. The van der Waals surface area contributed by atoms with Gasteiger partial charge in [0.05, 0.1) is 21.4 Å². The quantitative estimate of drug-likeness (QED) is 0.623. The average molecular weight is 431 g/mol. The van der Waals surface area contributed by atoms with Crippen molar-refractivity contribution >= 4 is 46.2 Å². The molecule has 1 unspecified atom stereocenters. The van der Waals surface area contributed by atoms with Gasteiger partial charge in [-0.2, -0.15) is 5.10 Å². The lowest BCUT2D eigenvalue weighted by Gasteiger charge is -2.10. The summed E-state index contributed by atoms with van der Waals surface area (Å²) in [6.45, 7) is -0.177. The minimum absolute atomic E-state index is 0.177. The molecule has 1 atom stereocenters. The van der Waals surface area contributed by atoms with E-state index in [9.17, 15) is 9.59 Å². The van der Waals surface area contributed by atoms with E-state index in [2.05, 4.69) is 25.9 Å². The molecule has 148 valence electrons. The molecule has 1 aliphatic rings. The molecule has 0 fully saturated rings. The number of nitrogens with one attached hydrogen (secondary N) is 2. The number of carbonyl (C=O) groups is 2. The molecule has 0 bridgehead atoms. The van der Waals surface area contributed by atoms with Gasteiger partial charge in [0, 0.05) is 12.1 Å². The largest absolute Gasteiger partial charge is 0.382 e. The molecule has 2 N–H and O–H groups in total. The van der Waals surface area contributed by atoms with Gasteiger partial charge in [-0.15, -0.1) is 11.3 Å². The van der Waals surface area contributed by atoms with Crippen LogP contribution in [-0.2, 0) is 14.4 Å². The van der Waals surface area contributed by atoms with E-state index in [1.807, 2.05) is 6.07 Å². The topological polar surface area (TPSA) is 110 Å². The zero-order valence-electron chi connectivity index (χ0n) is 14.9. The van der Waals surface area contributed by atoms with Crippen LogP contribution in [0, 0.1) is 0 Å². The van der Waals surface area contributed by atoms with Crippen molar-refractivity contribution in [2.45, 2.75) is 12.5 Å². The van der Waals surface area contributed by atoms with E-state index in [0.29, 0.717) is 22.2 Å². The predicted octanol–water partition coefficient (Wildman–Crippen LogP) is 2.23. The second-order valence-electron chi connectivity index (χ2n) is 6.09. The molecule has 11 heteroatoms. The third kappa shape index (κ3) is 4.61. The van der Waals surface area contributed by atoms with Gasteiger partial charge in [0.25, 0.3) is 5.91 Å². The first kappa shape index (κ1) is 19.1. The van der Waals surface area contributed by atoms with E-state index in [0.717, 1.165) is 10.6 Å². The van der Waals surface area contributed by atoms with Crippen LogP contribution in [0.15, 0.2) is 54.2 Å². The van der Waals surface area contributed by atoms with Crippen LogP contribution >= 0.6 is 22.9 Å². The van der Waals surface area contributed by atoms with Crippen molar-refractivity contribution in [2.24, 2.45) is 5.16 Å². The number of anilines is 1. The number of hydrogen-bond donors (Lipinski definition) is 2. The van der Waals surface area contributed by atoms with Crippen LogP contribution in [-0.4, -0.2) is 44.9 Å². The number of thiophene rings is 1. The number of aromatic nitrogens is 3. The van der Waals surface area contributed by atoms with Crippen molar-refractivity contribution in [3.8, 4) is 5.69 Å². The zero-order chi connectivity index (χ0) is 20.2. The molecule has 1 aliphatic heterocycles. The maximum absolute atomic E-state index is 12.2. The Labute approximate surface area is 174 Å². The molecule has 2 aromatic heterocycles. The molecule has 0 radical (unpaired) electrons. The number of carbonyl (C=O) groups excluding carboxylic acids is 2. The second kappa shape index (κ2) is 8.41. The van der Waals surface area contributed by atoms with Crippen LogP contribution in [0.4, 0.5) is 5.69 Å². The van der Waals surface area contributed by atoms with Crippen LogP contribution in [0.1, 0.15) is 11.3 Å². The van der Waals surface area contributed by atoms with Gasteiger partial charge in [-0.1, -0.05) is 16.8 Å². The lowest BCUT2D eigenvalue weighted by Crippen LogP contribution is -2.39. The van der Waals surface area contributed by atoms with Crippen LogP contribution < -0.4 is 10.6 Å². The third-order valence-electron chi connectivity index (χ3n) is 4.08. The van der Waals surface area contributed by atoms with Crippen LogP contribution in [0.25, 0.3) is 5.69 Å². The van der Waals surface area contributed by atoms with Gasteiger partial charge in [-0.25, -0.2) is 9.67 Å². The number of nitrogens with zero attached hydrogens (tertiary/aromatic N) is 4. The molecule has 4 rings (SSSR count). The summed E-state index contributed by atoms with van der Waals surface area (Å²) in [5.74, 6) is -0.751. The van der Waals surface area contributed by atoms with Gasteiger partial charge < -0.3 is 15.5 Å². The van der Waals surface area contributed by atoms with Gasteiger partial charge in [0.15, 0.2) is 0 Å². The van der Waals surface area contributed by atoms with Crippen molar-refractivity contribution in [1.29, 1.82) is 0 Å². The molecule has 2 amide bonds. The summed E-state index contributed by atoms with van der Waals surface area (Å²) in [5.41, 5.74) is 2.08. The Bertz CT molecular complexity index is 1050. The average Bonchev–Trinajstić information content (AvgIpc) is 3.48. The summed E-state index contributed by atoms with van der Waals surface area (Å²) in [6.07, 6.45) is 2.58. The lowest BCUT2D eigenvalue weighted by atomic mass is 10.1. The Morgan fingerprint density at radius 1 is 1.24 bits per heavy atom. The maximum Gasteiger partial charge on any atom is 0.264 e. The molecular weight excluding hydrogens is 416 g/mol. The first-order chi connectivity index (χ1) is 14.1. The van der Waals surface area contributed by atoms with E-state index < -0.39 is 12.0 Å². The SMILES string of the molecule is O=C(CNC(=O)C1CC(c2ccc(Cl)s2)=NO1)Nc1ccc(-n2cncn2)cc1. The highest BCUT2D eigenvalue weighted by molar-refractivity contribution is 7.18. The Balaban J connectivity index is 1.24. The van der Waals surface area contributed by atoms with Crippen LogP contribution in [0.2, 0.25) is 4.34 Å². The molecule has 3 heterocycles. The highest BCUT2D eigenvalue weighted by Gasteiger charge is 2.29. The van der Waals surface area contributed by atoms with Gasteiger partial charge >= 0.3 is 0 Å². The molecule has 0 aliphatic carbocycles. The maximum atomic E-state index is 12.2. The highest BCUT2D eigenvalue weighted by Crippen LogP contribution is 2.26. The minimum Gasteiger partial charge on any atom is -0.382 e. The number of hydrogen-bond acceptors (Lipinski definition) is 7. The highest BCUT2D eigenvalue weighted by atomic mass is 35.5. The number of rotatable bonds is 6. The summed E-state index contributed by atoms with van der Waals surface area (Å²) in [6, 6.07) is 10.7. The second-order valence-corrected chi connectivity index (χ2v) is 7.81. The van der Waals surface area contributed by atoms with Crippen LogP contribution in [0.3, 0.4) is 0 Å². The first-order valence-corrected chi connectivity index (χ1v) is 9.79. The normalized spacial score (nSPS) is 15.5. The zero-order valence-corrected chi connectivity index (χ0v) is 16.5. The van der Waals surface area contributed by atoms with Gasteiger partial charge in [-0.3, -0.25) is 9.59 Å². The van der Waals surface area contributed by atoms with Crippen molar-refractivity contribution < 1.29 is 14.4 Å². The molecule has 3 aromatic rings. The van der Waals surface area contributed by atoms with Crippen molar-refractivity contribution in [2.75, 3.05) is 11.9 Å². The monoisotopic (exact) mass is 430 g/mol. The fourth-order valence-corrected chi connectivity index (χ4v) is 3.69. The summed E-state index contributed by atoms with van der Waals surface area (Å²) in [7, 11) is 0. The molecule has 0 saturated carbocycles. The Hall–Kier alpha value is -3.24. The van der Waals surface area contributed by atoms with Crippen molar-refractivity contribution in [3.05, 3.63) is 58.3 Å². The Kier molecular flexibility index (Phi) is 5.54. The predicted molar refractivity (Wildman–Crippen MR) is 108 cm³/mol. The Morgan fingerprint density at radius 3 is 2.76 bits per heavy atom. The van der Waals surface area contributed by atoms with E-state index in [-0.39, 0.29) is 12.5 Å². The van der Waals surface area contributed by atoms with Crippen LogP contribution in [0.5, 0.6) is 0 Å².